The first-order valence-electron chi connectivity index (χ1n) is 7.18. The molecule has 0 fully saturated rings. The van der Waals surface area contributed by atoms with E-state index in [9.17, 15) is 0 Å². The molecule has 0 radical (unpaired) electrons. The number of furan rings is 1. The second-order valence-corrected chi connectivity index (χ2v) is 5.89. The molecule has 4 heteroatoms. The molecule has 0 aliphatic rings. The molecule has 0 saturated heterocycles. The summed E-state index contributed by atoms with van der Waals surface area (Å²) in [6, 6.07) is 10.2. The Kier molecular flexibility index (Phi) is 5.85. The molecule has 2 rings (SSSR count). The third-order valence-corrected chi connectivity index (χ3v) is 3.41. The molecule has 0 atom stereocenters. The molecule has 1 N–H and O–H groups in total. The summed E-state index contributed by atoms with van der Waals surface area (Å²) >= 11 is 5.95. The van der Waals surface area contributed by atoms with Crippen LogP contribution in [0.1, 0.15) is 36.5 Å². The van der Waals surface area contributed by atoms with Crippen LogP contribution >= 0.6 is 11.6 Å². The van der Waals surface area contributed by atoms with Gasteiger partial charge in [-0.2, -0.15) is 0 Å². The van der Waals surface area contributed by atoms with Crippen LogP contribution in [0.5, 0.6) is 0 Å². The van der Waals surface area contributed by atoms with Crippen molar-refractivity contribution in [2.45, 2.75) is 46.6 Å². The maximum Gasteiger partial charge on any atom is 0.118 e. The Hall–Kier alpha value is -1.29. The third-order valence-electron chi connectivity index (χ3n) is 3.17. The van der Waals surface area contributed by atoms with E-state index in [0.717, 1.165) is 34.2 Å². The SMILES string of the molecule is Cc1oc(CNC(C)C)cc1COCc1cccc(Cl)c1. The zero-order valence-corrected chi connectivity index (χ0v) is 13.5. The maximum atomic E-state index is 5.95. The third kappa shape index (κ3) is 5.20. The molecule has 0 aliphatic heterocycles. The number of hydrogen-bond acceptors (Lipinski definition) is 3. The highest BCUT2D eigenvalue weighted by molar-refractivity contribution is 6.30. The van der Waals surface area contributed by atoms with Crippen molar-refractivity contribution in [3.63, 3.8) is 0 Å². The van der Waals surface area contributed by atoms with E-state index in [1.807, 2.05) is 31.2 Å². The van der Waals surface area contributed by atoms with E-state index in [1.165, 1.54) is 0 Å². The van der Waals surface area contributed by atoms with Crippen LogP contribution in [0.3, 0.4) is 0 Å². The Morgan fingerprint density at radius 3 is 2.76 bits per heavy atom. The normalized spacial score (nSPS) is 11.3. The molecule has 1 heterocycles. The predicted molar refractivity (Wildman–Crippen MR) is 85.4 cm³/mol. The summed E-state index contributed by atoms with van der Waals surface area (Å²) in [5.74, 6) is 1.87. The van der Waals surface area contributed by atoms with Crippen LogP contribution in [0, 0.1) is 6.92 Å². The van der Waals surface area contributed by atoms with Crippen LogP contribution in [-0.2, 0) is 24.5 Å². The first-order valence-corrected chi connectivity index (χ1v) is 7.56. The molecule has 114 valence electrons. The van der Waals surface area contributed by atoms with Gasteiger partial charge in [-0.3, -0.25) is 0 Å². The summed E-state index contributed by atoms with van der Waals surface area (Å²) in [5.41, 5.74) is 2.17. The van der Waals surface area contributed by atoms with Gasteiger partial charge in [0.1, 0.15) is 11.5 Å². The molecule has 0 unspecified atom stereocenters. The highest BCUT2D eigenvalue weighted by Crippen LogP contribution is 2.17. The maximum absolute atomic E-state index is 5.95. The minimum absolute atomic E-state index is 0.443. The first kappa shape index (κ1) is 16.1. The van der Waals surface area contributed by atoms with Gasteiger partial charge in [-0.25, -0.2) is 0 Å². The van der Waals surface area contributed by atoms with E-state index < -0.39 is 0 Å². The number of hydrogen-bond donors (Lipinski definition) is 1. The standard InChI is InChI=1S/C17H22ClNO2/c1-12(2)19-9-17-8-15(13(3)21-17)11-20-10-14-5-4-6-16(18)7-14/h4-8,12,19H,9-11H2,1-3H3. The van der Waals surface area contributed by atoms with Crippen molar-refractivity contribution in [1.29, 1.82) is 0 Å². The van der Waals surface area contributed by atoms with Crippen molar-refractivity contribution in [3.05, 3.63) is 58.0 Å². The minimum Gasteiger partial charge on any atom is -0.465 e. The van der Waals surface area contributed by atoms with E-state index >= 15 is 0 Å². The summed E-state index contributed by atoms with van der Waals surface area (Å²) in [6.07, 6.45) is 0. The number of halogens is 1. The van der Waals surface area contributed by atoms with Gasteiger partial charge in [0.15, 0.2) is 0 Å². The highest BCUT2D eigenvalue weighted by Gasteiger charge is 2.08. The fraction of sp³-hybridized carbons (Fsp3) is 0.412. The fourth-order valence-corrected chi connectivity index (χ4v) is 2.24. The van der Waals surface area contributed by atoms with Crippen LogP contribution in [0.15, 0.2) is 34.7 Å². The summed E-state index contributed by atoms with van der Waals surface area (Å²) in [4.78, 5) is 0. The summed E-state index contributed by atoms with van der Waals surface area (Å²) < 4.78 is 11.5. The Bertz CT molecular complexity index is 578. The van der Waals surface area contributed by atoms with Crippen LogP contribution in [0.4, 0.5) is 0 Å². The first-order chi connectivity index (χ1) is 10.0. The van der Waals surface area contributed by atoms with Crippen LogP contribution in [-0.4, -0.2) is 6.04 Å². The molecule has 0 aliphatic carbocycles. The molecule has 1 aromatic heterocycles. The van der Waals surface area contributed by atoms with Gasteiger partial charge in [0, 0.05) is 16.6 Å². The smallest absolute Gasteiger partial charge is 0.118 e. The fourth-order valence-electron chi connectivity index (χ4n) is 2.03. The summed E-state index contributed by atoms with van der Waals surface area (Å²) in [5, 5.41) is 4.08. The Morgan fingerprint density at radius 1 is 1.24 bits per heavy atom. The van der Waals surface area contributed by atoms with Gasteiger partial charge in [0.2, 0.25) is 0 Å². The van der Waals surface area contributed by atoms with E-state index in [-0.39, 0.29) is 0 Å². The number of rotatable bonds is 7. The number of aryl methyl sites for hydroxylation is 1. The van der Waals surface area contributed by atoms with Crippen molar-refractivity contribution >= 4 is 11.6 Å². The molecule has 2 aromatic rings. The Balaban J connectivity index is 1.85. The van der Waals surface area contributed by atoms with Gasteiger partial charge in [-0.15, -0.1) is 0 Å². The van der Waals surface area contributed by atoms with Crippen LogP contribution in [0.2, 0.25) is 5.02 Å². The van der Waals surface area contributed by atoms with Crippen molar-refractivity contribution in [2.24, 2.45) is 0 Å². The van der Waals surface area contributed by atoms with Gasteiger partial charge < -0.3 is 14.5 Å². The van der Waals surface area contributed by atoms with Crippen LogP contribution in [0.25, 0.3) is 0 Å². The minimum atomic E-state index is 0.443. The monoisotopic (exact) mass is 307 g/mol. The van der Waals surface area contributed by atoms with Crippen molar-refractivity contribution in [3.8, 4) is 0 Å². The second-order valence-electron chi connectivity index (χ2n) is 5.45. The summed E-state index contributed by atoms with van der Waals surface area (Å²) in [6.45, 7) is 8.04. The lowest BCUT2D eigenvalue weighted by Crippen LogP contribution is -2.21. The summed E-state index contributed by atoms with van der Waals surface area (Å²) in [7, 11) is 0. The molecule has 0 bridgehead atoms. The lowest BCUT2D eigenvalue weighted by Gasteiger charge is -2.04. The quantitative estimate of drug-likeness (QED) is 0.820. The van der Waals surface area contributed by atoms with E-state index in [1.54, 1.807) is 0 Å². The number of nitrogens with one attached hydrogen (secondary N) is 1. The second kappa shape index (κ2) is 7.64. The lowest BCUT2D eigenvalue weighted by atomic mass is 10.2. The molecule has 0 spiro atoms. The Morgan fingerprint density at radius 2 is 2.05 bits per heavy atom. The molecule has 3 nitrogen and oxygen atoms in total. The van der Waals surface area contributed by atoms with E-state index in [0.29, 0.717) is 19.3 Å². The van der Waals surface area contributed by atoms with Gasteiger partial charge >= 0.3 is 0 Å². The topological polar surface area (TPSA) is 34.4 Å². The largest absolute Gasteiger partial charge is 0.465 e. The number of ether oxygens (including phenoxy) is 1. The molecular weight excluding hydrogens is 286 g/mol. The van der Waals surface area contributed by atoms with Gasteiger partial charge in [-0.05, 0) is 30.7 Å². The average Bonchev–Trinajstić information content (AvgIpc) is 2.77. The molecule has 0 saturated carbocycles. The van der Waals surface area contributed by atoms with E-state index in [4.69, 9.17) is 20.8 Å². The molecule has 21 heavy (non-hydrogen) atoms. The number of benzene rings is 1. The highest BCUT2D eigenvalue weighted by atomic mass is 35.5. The van der Waals surface area contributed by atoms with Crippen molar-refractivity contribution in [2.75, 3.05) is 0 Å². The van der Waals surface area contributed by atoms with Crippen molar-refractivity contribution < 1.29 is 9.15 Å². The zero-order valence-electron chi connectivity index (χ0n) is 12.8. The average molecular weight is 308 g/mol. The Labute approximate surface area is 131 Å². The van der Waals surface area contributed by atoms with E-state index in [2.05, 4.69) is 25.2 Å². The molecular formula is C17H22ClNO2. The predicted octanol–water partition coefficient (Wildman–Crippen LogP) is 4.46. The lowest BCUT2D eigenvalue weighted by molar-refractivity contribution is 0.106. The molecule has 0 amide bonds. The van der Waals surface area contributed by atoms with Crippen molar-refractivity contribution in [1.82, 2.24) is 5.32 Å². The van der Waals surface area contributed by atoms with Crippen LogP contribution < -0.4 is 5.32 Å². The van der Waals surface area contributed by atoms with Gasteiger partial charge in [0.05, 0.1) is 19.8 Å². The van der Waals surface area contributed by atoms with Gasteiger partial charge in [0.25, 0.3) is 0 Å². The molecule has 1 aromatic carbocycles. The zero-order chi connectivity index (χ0) is 15.2. The van der Waals surface area contributed by atoms with Gasteiger partial charge in [-0.1, -0.05) is 37.6 Å².